The van der Waals surface area contributed by atoms with E-state index in [9.17, 15) is 14.7 Å². The minimum absolute atomic E-state index is 0.104. The molecule has 196 valence electrons. The lowest BCUT2D eigenvalue weighted by Gasteiger charge is -2.24. The first-order chi connectivity index (χ1) is 18.4. The Morgan fingerprint density at radius 2 is 1.26 bits per heavy atom. The molecule has 6 rings (SSSR count). The van der Waals surface area contributed by atoms with E-state index in [1.807, 2.05) is 28.8 Å². The van der Waals surface area contributed by atoms with E-state index >= 15 is 0 Å². The molecule has 1 N–H and O–H groups in total. The zero-order chi connectivity index (χ0) is 27.9. The maximum absolute atomic E-state index is 13.9. The molecule has 0 aliphatic heterocycles. The summed E-state index contributed by atoms with van der Waals surface area (Å²) in [4.78, 5) is 27.3. The standard InChI is InChI=1S/C34H31NO4/c1-33(2,3)19-12-16-27(36)26(17-19)35-24-14-11-20(34(4,5)6)18-28(24)39-32-25(35)15-13-23-29(32)31(38)22-10-8-7-9-21(22)30(23)37/h7-18,36H,1-6H3. The highest BCUT2D eigenvalue weighted by molar-refractivity contribution is 6.10. The minimum Gasteiger partial charge on any atom is -0.506 e. The second-order valence-corrected chi connectivity index (χ2v) is 12.4. The van der Waals surface area contributed by atoms with Crippen molar-refractivity contribution in [3.8, 4) is 11.4 Å². The van der Waals surface area contributed by atoms with Crippen LogP contribution in [0.3, 0.4) is 0 Å². The highest BCUT2D eigenvalue weighted by Gasteiger charge is 2.23. The van der Waals surface area contributed by atoms with Gasteiger partial charge in [0.05, 0.1) is 22.1 Å². The normalized spacial score (nSPS) is 12.7. The van der Waals surface area contributed by atoms with Gasteiger partial charge in [0.2, 0.25) is 0 Å². The molecule has 0 saturated heterocycles. The molecule has 0 amide bonds. The van der Waals surface area contributed by atoms with Crippen LogP contribution in [0.25, 0.3) is 49.4 Å². The van der Waals surface area contributed by atoms with Gasteiger partial charge in [-0.2, -0.15) is 0 Å². The summed E-state index contributed by atoms with van der Waals surface area (Å²) in [7, 11) is 0. The molecule has 1 heterocycles. The lowest BCUT2D eigenvalue weighted by atomic mass is 9.86. The molecule has 0 aliphatic rings. The highest BCUT2D eigenvalue weighted by atomic mass is 16.3. The third-order valence-electron chi connectivity index (χ3n) is 7.63. The number of phenolic OH excluding ortho intramolecular Hbond substituents is 1. The van der Waals surface area contributed by atoms with Gasteiger partial charge < -0.3 is 9.52 Å². The van der Waals surface area contributed by atoms with E-state index in [2.05, 4.69) is 47.6 Å². The van der Waals surface area contributed by atoms with Crippen LogP contribution in [0.15, 0.2) is 86.8 Å². The first kappa shape index (κ1) is 24.9. The Bertz CT molecular complexity index is 2080. The van der Waals surface area contributed by atoms with Gasteiger partial charge in [-0.05, 0) is 58.4 Å². The van der Waals surface area contributed by atoms with E-state index in [-0.39, 0.29) is 32.8 Å². The van der Waals surface area contributed by atoms with Gasteiger partial charge in [-0.15, -0.1) is 0 Å². The summed E-state index contributed by atoms with van der Waals surface area (Å²) in [6.45, 7) is 12.8. The Labute approximate surface area is 225 Å². The molecule has 6 aromatic rings. The lowest BCUT2D eigenvalue weighted by molar-refractivity contribution is 0.471. The quantitative estimate of drug-likeness (QED) is 0.179. The fourth-order valence-electron chi connectivity index (χ4n) is 5.34. The molecule has 0 unspecified atom stereocenters. The summed E-state index contributed by atoms with van der Waals surface area (Å²) in [5, 5.41) is 12.5. The van der Waals surface area contributed by atoms with Gasteiger partial charge in [-0.1, -0.05) is 77.9 Å². The van der Waals surface area contributed by atoms with E-state index in [1.54, 1.807) is 42.5 Å². The average Bonchev–Trinajstić information content (AvgIpc) is 2.89. The van der Waals surface area contributed by atoms with E-state index in [0.717, 1.165) is 16.6 Å². The highest BCUT2D eigenvalue weighted by Crippen LogP contribution is 2.37. The number of hydrogen-bond donors (Lipinski definition) is 1. The summed E-state index contributed by atoms with van der Waals surface area (Å²) in [6.07, 6.45) is 0. The van der Waals surface area contributed by atoms with Crippen molar-refractivity contribution in [1.82, 2.24) is 4.57 Å². The number of aromatic nitrogens is 1. The second-order valence-electron chi connectivity index (χ2n) is 12.4. The van der Waals surface area contributed by atoms with E-state index in [1.165, 1.54) is 0 Å². The molecular formula is C34H31NO4. The van der Waals surface area contributed by atoms with Gasteiger partial charge >= 0.3 is 0 Å². The zero-order valence-corrected chi connectivity index (χ0v) is 23.0. The molecule has 0 spiro atoms. The fraction of sp³-hybridized carbons (Fsp3) is 0.235. The van der Waals surface area contributed by atoms with Crippen LogP contribution in [-0.4, -0.2) is 9.67 Å². The van der Waals surface area contributed by atoms with Crippen LogP contribution in [0, 0.1) is 0 Å². The Kier molecular flexibility index (Phi) is 5.31. The SMILES string of the molecule is CC(C)(C)c1ccc(O)c(-n2c3ccc(C(C)(C)C)cc3oc3c4c(=O)c5ccccc5c(=O)c4ccc32)c1. The fourth-order valence-corrected chi connectivity index (χ4v) is 5.34. The molecule has 0 fully saturated rings. The Hall–Kier alpha value is -4.38. The summed E-state index contributed by atoms with van der Waals surface area (Å²) < 4.78 is 8.47. The summed E-state index contributed by atoms with van der Waals surface area (Å²) in [5.41, 5.74) is 4.15. The van der Waals surface area contributed by atoms with Crippen LogP contribution in [-0.2, 0) is 10.8 Å². The Morgan fingerprint density at radius 3 is 1.92 bits per heavy atom. The number of aromatic hydroxyl groups is 1. The van der Waals surface area contributed by atoms with E-state index < -0.39 is 0 Å². The topological polar surface area (TPSA) is 72.4 Å². The van der Waals surface area contributed by atoms with Crippen molar-refractivity contribution in [1.29, 1.82) is 0 Å². The van der Waals surface area contributed by atoms with Crippen LogP contribution in [0.4, 0.5) is 0 Å². The Balaban J connectivity index is 1.87. The maximum Gasteiger partial charge on any atom is 0.198 e. The van der Waals surface area contributed by atoms with Gasteiger partial charge in [0.15, 0.2) is 22.0 Å². The number of rotatable bonds is 1. The third kappa shape index (κ3) is 3.84. The maximum atomic E-state index is 13.9. The first-order valence-electron chi connectivity index (χ1n) is 13.2. The molecule has 5 heteroatoms. The smallest absolute Gasteiger partial charge is 0.198 e. The van der Waals surface area contributed by atoms with Crippen molar-refractivity contribution < 1.29 is 9.52 Å². The molecule has 0 aliphatic carbocycles. The molecule has 0 radical (unpaired) electrons. The van der Waals surface area contributed by atoms with Crippen LogP contribution in [0.5, 0.6) is 5.75 Å². The molecule has 39 heavy (non-hydrogen) atoms. The largest absolute Gasteiger partial charge is 0.506 e. The summed E-state index contributed by atoms with van der Waals surface area (Å²) >= 11 is 0. The van der Waals surface area contributed by atoms with Crippen molar-refractivity contribution in [2.24, 2.45) is 0 Å². The minimum atomic E-state index is -0.250. The molecule has 5 aromatic carbocycles. The predicted octanol–water partition coefficient (Wildman–Crippen LogP) is 7.70. The van der Waals surface area contributed by atoms with Crippen molar-refractivity contribution in [3.63, 3.8) is 0 Å². The number of phenols is 1. The molecular weight excluding hydrogens is 486 g/mol. The van der Waals surface area contributed by atoms with Gasteiger partial charge in [0.1, 0.15) is 5.75 Å². The number of nitrogens with zero attached hydrogens (tertiary/aromatic N) is 1. The molecule has 0 atom stereocenters. The Morgan fingerprint density at radius 1 is 0.667 bits per heavy atom. The van der Waals surface area contributed by atoms with Gasteiger partial charge in [0.25, 0.3) is 0 Å². The summed E-state index contributed by atoms with van der Waals surface area (Å²) in [5.74, 6) is 0.104. The monoisotopic (exact) mass is 517 g/mol. The molecule has 5 nitrogen and oxygen atoms in total. The average molecular weight is 518 g/mol. The van der Waals surface area contributed by atoms with E-state index in [4.69, 9.17) is 4.42 Å². The van der Waals surface area contributed by atoms with Crippen LogP contribution >= 0.6 is 0 Å². The van der Waals surface area contributed by atoms with Gasteiger partial charge in [-0.3, -0.25) is 14.2 Å². The van der Waals surface area contributed by atoms with Crippen LogP contribution in [0.2, 0.25) is 0 Å². The molecule has 1 aromatic heterocycles. The van der Waals surface area contributed by atoms with Crippen LogP contribution < -0.4 is 10.9 Å². The molecule has 0 saturated carbocycles. The van der Waals surface area contributed by atoms with Crippen molar-refractivity contribution in [3.05, 3.63) is 104 Å². The second kappa shape index (κ2) is 8.31. The molecule has 0 bridgehead atoms. The zero-order valence-electron chi connectivity index (χ0n) is 23.0. The van der Waals surface area contributed by atoms with Crippen molar-refractivity contribution in [2.75, 3.05) is 0 Å². The third-order valence-corrected chi connectivity index (χ3v) is 7.63. The predicted molar refractivity (Wildman–Crippen MR) is 160 cm³/mol. The number of fused-ring (bicyclic) bond motifs is 5. The van der Waals surface area contributed by atoms with Crippen LogP contribution in [0.1, 0.15) is 52.7 Å². The summed E-state index contributed by atoms with van der Waals surface area (Å²) in [6, 6.07) is 22.0. The van der Waals surface area contributed by atoms with Crippen molar-refractivity contribution >= 4 is 43.7 Å². The number of hydrogen-bond acceptors (Lipinski definition) is 4. The van der Waals surface area contributed by atoms with Crippen molar-refractivity contribution in [2.45, 2.75) is 52.4 Å². The van der Waals surface area contributed by atoms with E-state index in [0.29, 0.717) is 38.5 Å². The van der Waals surface area contributed by atoms with Gasteiger partial charge in [0, 0.05) is 16.2 Å². The van der Waals surface area contributed by atoms with Gasteiger partial charge in [-0.25, -0.2) is 0 Å². The first-order valence-corrected chi connectivity index (χ1v) is 13.2. The lowest BCUT2D eigenvalue weighted by Crippen LogP contribution is -2.15. The number of benzene rings is 5.